The Kier molecular flexibility index (Phi) is 7.69. The van der Waals surface area contributed by atoms with E-state index in [1.807, 2.05) is 40.8 Å². The summed E-state index contributed by atoms with van der Waals surface area (Å²) in [5, 5.41) is 2.94. The zero-order valence-corrected chi connectivity index (χ0v) is 17.5. The van der Waals surface area contributed by atoms with Gasteiger partial charge in [0.15, 0.2) is 0 Å². The highest BCUT2D eigenvalue weighted by molar-refractivity contribution is 5.87. The van der Waals surface area contributed by atoms with Gasteiger partial charge in [0.2, 0.25) is 11.8 Å². The van der Waals surface area contributed by atoms with Crippen molar-refractivity contribution in [2.75, 3.05) is 25.0 Å². The van der Waals surface area contributed by atoms with Crippen LogP contribution in [0.5, 0.6) is 0 Å². The second kappa shape index (κ2) is 9.77. The fourth-order valence-corrected chi connectivity index (χ4v) is 3.60. The van der Waals surface area contributed by atoms with E-state index in [0.717, 1.165) is 18.7 Å². The van der Waals surface area contributed by atoms with Crippen molar-refractivity contribution in [1.29, 1.82) is 0 Å². The van der Waals surface area contributed by atoms with Gasteiger partial charge in [0.05, 0.1) is 0 Å². The number of para-hydroxylation sites is 1. The van der Waals surface area contributed by atoms with Crippen LogP contribution < -0.4 is 10.2 Å². The molecule has 150 valence electrons. The van der Waals surface area contributed by atoms with Crippen LogP contribution in [0.15, 0.2) is 24.3 Å². The lowest BCUT2D eigenvalue weighted by atomic mass is 10.0. The van der Waals surface area contributed by atoms with Gasteiger partial charge in [0.1, 0.15) is 6.04 Å². The van der Waals surface area contributed by atoms with Crippen molar-refractivity contribution in [3.05, 3.63) is 29.8 Å². The van der Waals surface area contributed by atoms with Crippen LogP contribution in [-0.2, 0) is 16.1 Å². The van der Waals surface area contributed by atoms with E-state index in [1.165, 1.54) is 18.5 Å². The predicted octanol–water partition coefficient (Wildman–Crippen LogP) is 3.43. The molecule has 1 aliphatic heterocycles. The van der Waals surface area contributed by atoms with Crippen molar-refractivity contribution in [3.63, 3.8) is 0 Å². The van der Waals surface area contributed by atoms with E-state index in [0.29, 0.717) is 13.0 Å². The average Bonchev–Trinajstić information content (AvgIpc) is 3.13. The standard InChI is InChI=1S/C22H35N3O2/c1-16(2)14-20(26)23-21(17(3)4)22(27)24(5)15-18-10-6-7-11-19(18)25-12-8-9-13-25/h6-7,10-11,16-17,21H,8-9,12-15H2,1-5H3,(H,23,26). The van der Waals surface area contributed by atoms with Gasteiger partial charge in [0.25, 0.3) is 0 Å². The Bertz CT molecular complexity index is 636. The van der Waals surface area contributed by atoms with Gasteiger partial charge in [0, 0.05) is 38.8 Å². The molecule has 0 spiro atoms. The molecule has 2 amide bonds. The number of amides is 2. The monoisotopic (exact) mass is 373 g/mol. The Hall–Kier alpha value is -2.04. The van der Waals surface area contributed by atoms with Crippen molar-refractivity contribution < 1.29 is 9.59 Å². The van der Waals surface area contributed by atoms with Gasteiger partial charge in [-0.2, -0.15) is 0 Å². The first kappa shape index (κ1) is 21.3. The number of hydrogen-bond donors (Lipinski definition) is 1. The van der Waals surface area contributed by atoms with Crippen LogP contribution in [0.25, 0.3) is 0 Å². The van der Waals surface area contributed by atoms with Gasteiger partial charge in [-0.05, 0) is 36.3 Å². The molecule has 1 saturated heterocycles. The number of anilines is 1. The number of likely N-dealkylation sites (N-methyl/N-ethyl adjacent to an activating group) is 1. The van der Waals surface area contributed by atoms with Crippen LogP contribution in [0.3, 0.4) is 0 Å². The van der Waals surface area contributed by atoms with Gasteiger partial charge in [-0.15, -0.1) is 0 Å². The predicted molar refractivity (Wildman–Crippen MR) is 111 cm³/mol. The van der Waals surface area contributed by atoms with Gasteiger partial charge >= 0.3 is 0 Å². The molecule has 2 rings (SSSR count). The lowest BCUT2D eigenvalue weighted by molar-refractivity contribution is -0.137. The fourth-order valence-electron chi connectivity index (χ4n) is 3.60. The van der Waals surface area contributed by atoms with Crippen LogP contribution in [0.4, 0.5) is 5.69 Å². The van der Waals surface area contributed by atoms with Gasteiger partial charge in [-0.25, -0.2) is 0 Å². The third-order valence-electron chi connectivity index (χ3n) is 5.06. The summed E-state index contributed by atoms with van der Waals surface area (Å²) >= 11 is 0. The van der Waals surface area contributed by atoms with E-state index in [1.54, 1.807) is 4.90 Å². The number of carbonyl (C=O) groups is 2. The number of nitrogens with zero attached hydrogens (tertiary/aromatic N) is 2. The summed E-state index contributed by atoms with van der Waals surface area (Å²) in [6.07, 6.45) is 2.89. The summed E-state index contributed by atoms with van der Waals surface area (Å²) in [5.41, 5.74) is 2.38. The van der Waals surface area contributed by atoms with Crippen LogP contribution in [0.2, 0.25) is 0 Å². The van der Waals surface area contributed by atoms with Gasteiger partial charge in [-0.1, -0.05) is 45.9 Å². The highest BCUT2D eigenvalue weighted by Gasteiger charge is 2.28. The van der Waals surface area contributed by atoms with Gasteiger partial charge in [-0.3, -0.25) is 9.59 Å². The van der Waals surface area contributed by atoms with Crippen LogP contribution in [-0.4, -0.2) is 42.9 Å². The normalized spacial score (nSPS) is 15.3. The summed E-state index contributed by atoms with van der Waals surface area (Å²) in [6, 6.07) is 7.84. The molecule has 1 N–H and O–H groups in total. The van der Waals surface area contributed by atoms with Crippen molar-refractivity contribution in [3.8, 4) is 0 Å². The SMILES string of the molecule is CC(C)CC(=O)NC(C(=O)N(C)Cc1ccccc1N1CCCC1)C(C)C. The van der Waals surface area contributed by atoms with Crippen LogP contribution in [0.1, 0.15) is 52.5 Å². The summed E-state index contributed by atoms with van der Waals surface area (Å²) < 4.78 is 0. The molecule has 5 heteroatoms. The van der Waals surface area contributed by atoms with E-state index in [-0.39, 0.29) is 23.7 Å². The molecule has 1 aromatic carbocycles. The largest absolute Gasteiger partial charge is 0.371 e. The molecular formula is C22H35N3O2. The van der Waals surface area contributed by atoms with E-state index in [4.69, 9.17) is 0 Å². The van der Waals surface area contributed by atoms with Crippen LogP contribution in [0, 0.1) is 11.8 Å². The summed E-state index contributed by atoms with van der Waals surface area (Å²) in [5.74, 6) is 0.240. The molecule has 1 unspecified atom stereocenters. The van der Waals surface area contributed by atoms with Crippen molar-refractivity contribution in [1.82, 2.24) is 10.2 Å². The molecule has 0 bridgehead atoms. The minimum absolute atomic E-state index is 0.0293. The Morgan fingerprint density at radius 2 is 1.74 bits per heavy atom. The number of carbonyl (C=O) groups excluding carboxylic acids is 2. The first-order valence-electron chi connectivity index (χ1n) is 10.2. The third kappa shape index (κ3) is 5.98. The molecule has 0 saturated carbocycles. The van der Waals surface area contributed by atoms with Crippen molar-refractivity contribution >= 4 is 17.5 Å². The van der Waals surface area contributed by atoms with E-state index >= 15 is 0 Å². The number of rotatable bonds is 8. The number of hydrogen-bond acceptors (Lipinski definition) is 3. The molecule has 1 fully saturated rings. The molecule has 1 aromatic rings. The Morgan fingerprint density at radius 3 is 2.33 bits per heavy atom. The molecule has 0 radical (unpaired) electrons. The zero-order chi connectivity index (χ0) is 20.0. The Balaban J connectivity index is 2.08. The molecule has 1 atom stereocenters. The van der Waals surface area contributed by atoms with Crippen molar-refractivity contribution in [2.24, 2.45) is 11.8 Å². The molecule has 27 heavy (non-hydrogen) atoms. The first-order chi connectivity index (χ1) is 12.8. The minimum Gasteiger partial charge on any atom is -0.371 e. The average molecular weight is 374 g/mol. The Morgan fingerprint density at radius 1 is 1.11 bits per heavy atom. The maximum atomic E-state index is 13.0. The lowest BCUT2D eigenvalue weighted by Gasteiger charge is -2.29. The third-order valence-corrected chi connectivity index (χ3v) is 5.06. The van der Waals surface area contributed by atoms with Crippen molar-refractivity contribution in [2.45, 2.75) is 59.5 Å². The number of nitrogens with one attached hydrogen (secondary N) is 1. The maximum Gasteiger partial charge on any atom is 0.245 e. The fraction of sp³-hybridized carbons (Fsp3) is 0.636. The zero-order valence-electron chi connectivity index (χ0n) is 17.5. The second-order valence-corrected chi connectivity index (χ2v) is 8.40. The Labute approximate surface area is 164 Å². The van der Waals surface area contributed by atoms with E-state index < -0.39 is 6.04 Å². The minimum atomic E-state index is -0.486. The molecule has 5 nitrogen and oxygen atoms in total. The smallest absolute Gasteiger partial charge is 0.245 e. The molecule has 1 heterocycles. The summed E-state index contributed by atoms with van der Waals surface area (Å²) in [7, 11) is 1.83. The van der Waals surface area contributed by atoms with E-state index in [2.05, 4.69) is 28.4 Å². The quantitative estimate of drug-likeness (QED) is 0.759. The maximum absolute atomic E-state index is 13.0. The summed E-state index contributed by atoms with van der Waals surface area (Å²) in [4.78, 5) is 29.4. The van der Waals surface area contributed by atoms with Crippen LogP contribution >= 0.6 is 0 Å². The molecule has 1 aliphatic rings. The molecule has 0 aliphatic carbocycles. The number of benzene rings is 1. The topological polar surface area (TPSA) is 52.7 Å². The first-order valence-corrected chi connectivity index (χ1v) is 10.2. The van der Waals surface area contributed by atoms with E-state index in [9.17, 15) is 9.59 Å². The highest BCUT2D eigenvalue weighted by Crippen LogP contribution is 2.25. The lowest BCUT2D eigenvalue weighted by Crippen LogP contribution is -2.50. The molecule has 0 aromatic heterocycles. The second-order valence-electron chi connectivity index (χ2n) is 8.40. The van der Waals surface area contributed by atoms with Gasteiger partial charge < -0.3 is 15.1 Å². The molecular weight excluding hydrogens is 338 g/mol. The summed E-state index contributed by atoms with van der Waals surface area (Å²) in [6.45, 7) is 10.7. The highest BCUT2D eigenvalue weighted by atomic mass is 16.2.